The smallest absolute Gasteiger partial charge is 0.215 e. The van der Waals surface area contributed by atoms with Crippen molar-refractivity contribution in [1.29, 1.82) is 0 Å². The summed E-state index contributed by atoms with van der Waals surface area (Å²) in [6, 6.07) is 1.91. The molecule has 0 unspecified atom stereocenters. The standard InChI is InChI=1S/C16H30ClN5O2S/c1-6-18-16(19-9-10-25(23,24)22(7-2)8-3)21(5)13-15-11-14(17)12-20(15)4/h11-12H,6-10,13H2,1-5H3,(H,18,19). The average Bonchev–Trinajstić information content (AvgIpc) is 2.84. The van der Waals surface area contributed by atoms with Crippen LogP contribution in [0, 0.1) is 0 Å². The molecular formula is C16H30ClN5O2S. The van der Waals surface area contributed by atoms with Gasteiger partial charge in [-0.05, 0) is 13.0 Å². The van der Waals surface area contributed by atoms with Gasteiger partial charge in [-0.3, -0.25) is 4.99 Å². The number of rotatable bonds is 9. The van der Waals surface area contributed by atoms with Crippen LogP contribution in [0.1, 0.15) is 26.5 Å². The number of sulfonamides is 1. The number of hydrogen-bond donors (Lipinski definition) is 1. The van der Waals surface area contributed by atoms with Crippen LogP contribution in [0.3, 0.4) is 0 Å². The zero-order valence-electron chi connectivity index (χ0n) is 15.8. The van der Waals surface area contributed by atoms with Crippen LogP contribution in [-0.2, 0) is 23.6 Å². The monoisotopic (exact) mass is 391 g/mol. The molecule has 0 aliphatic carbocycles. The molecule has 0 bridgehead atoms. The van der Waals surface area contributed by atoms with Crippen LogP contribution >= 0.6 is 11.6 Å². The number of guanidine groups is 1. The first-order valence-corrected chi connectivity index (χ1v) is 10.5. The fourth-order valence-electron chi connectivity index (χ4n) is 2.52. The van der Waals surface area contributed by atoms with Gasteiger partial charge in [-0.15, -0.1) is 0 Å². The molecule has 144 valence electrons. The number of halogens is 1. The highest BCUT2D eigenvalue weighted by molar-refractivity contribution is 7.89. The average molecular weight is 392 g/mol. The van der Waals surface area contributed by atoms with Gasteiger partial charge in [0.15, 0.2) is 5.96 Å². The summed E-state index contributed by atoms with van der Waals surface area (Å²) < 4.78 is 27.9. The number of nitrogens with zero attached hydrogens (tertiary/aromatic N) is 4. The van der Waals surface area contributed by atoms with Gasteiger partial charge < -0.3 is 14.8 Å². The van der Waals surface area contributed by atoms with Crippen molar-refractivity contribution in [2.45, 2.75) is 27.3 Å². The number of nitrogens with one attached hydrogen (secondary N) is 1. The van der Waals surface area contributed by atoms with Gasteiger partial charge in [-0.2, -0.15) is 0 Å². The SMILES string of the molecule is CCNC(=NCCS(=O)(=O)N(CC)CC)N(C)Cc1cc(Cl)cn1C. The third kappa shape index (κ3) is 6.52. The predicted molar refractivity (Wildman–Crippen MR) is 105 cm³/mol. The first-order chi connectivity index (χ1) is 11.7. The largest absolute Gasteiger partial charge is 0.357 e. The van der Waals surface area contributed by atoms with Crippen molar-refractivity contribution in [3.05, 3.63) is 23.0 Å². The lowest BCUT2D eigenvalue weighted by Gasteiger charge is -2.23. The fourth-order valence-corrected chi connectivity index (χ4v) is 4.16. The zero-order chi connectivity index (χ0) is 19.0. The summed E-state index contributed by atoms with van der Waals surface area (Å²) in [7, 11) is 0.596. The lowest BCUT2D eigenvalue weighted by molar-refractivity contribution is 0.444. The molecular weight excluding hydrogens is 362 g/mol. The highest BCUT2D eigenvalue weighted by Crippen LogP contribution is 2.14. The first kappa shape index (κ1) is 21.8. The molecule has 0 saturated carbocycles. The molecule has 0 aliphatic rings. The van der Waals surface area contributed by atoms with Crippen molar-refractivity contribution in [2.24, 2.45) is 12.0 Å². The lowest BCUT2D eigenvalue weighted by atomic mass is 10.4. The second kappa shape index (κ2) is 10.0. The minimum Gasteiger partial charge on any atom is -0.357 e. The Balaban J connectivity index is 2.77. The van der Waals surface area contributed by atoms with E-state index in [1.54, 1.807) is 0 Å². The second-order valence-electron chi connectivity index (χ2n) is 5.75. The normalized spacial score (nSPS) is 12.7. The number of aliphatic imine (C=N–C) groups is 1. The molecule has 25 heavy (non-hydrogen) atoms. The van der Waals surface area contributed by atoms with Gasteiger partial charge in [-0.25, -0.2) is 12.7 Å². The van der Waals surface area contributed by atoms with Crippen molar-refractivity contribution in [3.8, 4) is 0 Å². The molecule has 0 fully saturated rings. The molecule has 0 saturated heterocycles. The molecule has 1 rings (SSSR count). The summed E-state index contributed by atoms with van der Waals surface area (Å²) in [5.41, 5.74) is 1.05. The van der Waals surface area contributed by atoms with E-state index in [0.29, 0.717) is 37.2 Å². The Kier molecular flexibility index (Phi) is 8.75. The van der Waals surface area contributed by atoms with Crippen LogP contribution in [0.5, 0.6) is 0 Å². The summed E-state index contributed by atoms with van der Waals surface area (Å²) >= 11 is 6.02. The van der Waals surface area contributed by atoms with Crippen LogP contribution in [0.4, 0.5) is 0 Å². The zero-order valence-corrected chi connectivity index (χ0v) is 17.4. The lowest BCUT2D eigenvalue weighted by Crippen LogP contribution is -2.39. The molecule has 1 aromatic rings. The van der Waals surface area contributed by atoms with Gasteiger partial charge in [0.1, 0.15) is 0 Å². The van der Waals surface area contributed by atoms with E-state index in [0.717, 1.165) is 5.69 Å². The molecule has 0 aliphatic heterocycles. The Labute approximate surface area is 156 Å². The van der Waals surface area contributed by atoms with E-state index in [1.165, 1.54) is 4.31 Å². The first-order valence-electron chi connectivity index (χ1n) is 8.53. The van der Waals surface area contributed by atoms with Gasteiger partial charge in [0, 0.05) is 45.6 Å². The quantitative estimate of drug-likeness (QED) is 0.514. The summed E-state index contributed by atoms with van der Waals surface area (Å²) in [5.74, 6) is 0.683. The van der Waals surface area contributed by atoms with E-state index >= 15 is 0 Å². The van der Waals surface area contributed by atoms with E-state index in [1.807, 2.05) is 56.6 Å². The Hall–Kier alpha value is -1.25. The van der Waals surface area contributed by atoms with Gasteiger partial charge in [-0.1, -0.05) is 25.4 Å². The van der Waals surface area contributed by atoms with Gasteiger partial charge in [0.2, 0.25) is 10.0 Å². The van der Waals surface area contributed by atoms with E-state index in [2.05, 4.69) is 10.3 Å². The molecule has 1 N–H and O–H groups in total. The molecule has 0 amide bonds. The van der Waals surface area contributed by atoms with E-state index < -0.39 is 10.0 Å². The van der Waals surface area contributed by atoms with Crippen molar-refractivity contribution in [1.82, 2.24) is 19.1 Å². The third-order valence-corrected chi connectivity index (χ3v) is 6.09. The minimum absolute atomic E-state index is 0.00734. The Morgan fingerprint density at radius 1 is 1.32 bits per heavy atom. The maximum absolute atomic E-state index is 12.2. The maximum Gasteiger partial charge on any atom is 0.215 e. The Morgan fingerprint density at radius 2 is 1.96 bits per heavy atom. The van der Waals surface area contributed by atoms with E-state index in [-0.39, 0.29) is 12.3 Å². The van der Waals surface area contributed by atoms with Crippen LogP contribution in [0.15, 0.2) is 17.3 Å². The molecule has 0 aromatic carbocycles. The molecule has 0 spiro atoms. The molecule has 7 nitrogen and oxygen atoms in total. The summed E-state index contributed by atoms with van der Waals surface area (Å²) in [4.78, 5) is 6.42. The Morgan fingerprint density at radius 3 is 2.44 bits per heavy atom. The second-order valence-corrected chi connectivity index (χ2v) is 8.28. The van der Waals surface area contributed by atoms with Crippen molar-refractivity contribution in [3.63, 3.8) is 0 Å². The number of aryl methyl sites for hydroxylation is 1. The van der Waals surface area contributed by atoms with Crippen molar-refractivity contribution < 1.29 is 8.42 Å². The number of hydrogen-bond acceptors (Lipinski definition) is 3. The third-order valence-electron chi connectivity index (χ3n) is 3.88. The summed E-state index contributed by atoms with van der Waals surface area (Å²) in [5, 5.41) is 3.89. The topological polar surface area (TPSA) is 69.9 Å². The molecule has 0 radical (unpaired) electrons. The highest BCUT2D eigenvalue weighted by Gasteiger charge is 2.18. The number of aromatic nitrogens is 1. The molecule has 0 atom stereocenters. The highest BCUT2D eigenvalue weighted by atomic mass is 35.5. The van der Waals surface area contributed by atoms with Crippen molar-refractivity contribution in [2.75, 3.05) is 39.0 Å². The Bertz CT molecular complexity index is 668. The van der Waals surface area contributed by atoms with Gasteiger partial charge in [0.25, 0.3) is 0 Å². The van der Waals surface area contributed by atoms with Gasteiger partial charge >= 0.3 is 0 Å². The summed E-state index contributed by atoms with van der Waals surface area (Å²) in [6.07, 6.45) is 1.85. The van der Waals surface area contributed by atoms with Crippen molar-refractivity contribution >= 4 is 27.6 Å². The minimum atomic E-state index is -3.26. The molecule has 1 aromatic heterocycles. The van der Waals surface area contributed by atoms with Crippen LogP contribution in [0.25, 0.3) is 0 Å². The predicted octanol–water partition coefficient (Wildman–Crippen LogP) is 1.75. The summed E-state index contributed by atoms with van der Waals surface area (Å²) in [6.45, 7) is 8.18. The van der Waals surface area contributed by atoms with Crippen LogP contribution in [0.2, 0.25) is 5.02 Å². The van der Waals surface area contributed by atoms with Crippen LogP contribution in [-0.4, -0.2) is 67.1 Å². The molecule has 9 heteroatoms. The fraction of sp³-hybridized carbons (Fsp3) is 0.688. The van der Waals surface area contributed by atoms with E-state index in [4.69, 9.17) is 11.6 Å². The molecule has 1 heterocycles. The van der Waals surface area contributed by atoms with Gasteiger partial charge in [0.05, 0.1) is 23.9 Å². The van der Waals surface area contributed by atoms with Crippen LogP contribution < -0.4 is 5.32 Å². The maximum atomic E-state index is 12.2. The van der Waals surface area contributed by atoms with E-state index in [9.17, 15) is 8.42 Å².